The van der Waals surface area contributed by atoms with Crippen LogP contribution in [0.15, 0.2) is 47.4 Å². The van der Waals surface area contributed by atoms with Crippen molar-refractivity contribution in [3.8, 4) is 11.5 Å². The Bertz CT molecular complexity index is 858. The highest BCUT2D eigenvalue weighted by molar-refractivity contribution is 8.00. The summed E-state index contributed by atoms with van der Waals surface area (Å²) in [6.45, 7) is 4.65. The zero-order valence-electron chi connectivity index (χ0n) is 17.7. The zero-order valence-corrected chi connectivity index (χ0v) is 18.5. The van der Waals surface area contributed by atoms with E-state index in [0.717, 1.165) is 11.1 Å². The van der Waals surface area contributed by atoms with Crippen LogP contribution in [0.5, 0.6) is 11.5 Å². The molecule has 0 aromatic heterocycles. The van der Waals surface area contributed by atoms with Gasteiger partial charge in [-0.15, -0.1) is 0 Å². The number of nitrogens with one attached hydrogen (secondary N) is 1. The summed E-state index contributed by atoms with van der Waals surface area (Å²) in [6, 6.07) is 10.9. The van der Waals surface area contributed by atoms with Gasteiger partial charge in [0.2, 0.25) is 5.91 Å². The van der Waals surface area contributed by atoms with Gasteiger partial charge in [0.25, 0.3) is 0 Å². The van der Waals surface area contributed by atoms with E-state index in [0.29, 0.717) is 30.4 Å². The van der Waals surface area contributed by atoms with Crippen molar-refractivity contribution in [2.75, 3.05) is 7.11 Å². The van der Waals surface area contributed by atoms with Crippen LogP contribution in [-0.2, 0) is 17.9 Å². The number of carbonyl (C=O) groups excluding carboxylic acids is 1. The second-order valence-electron chi connectivity index (χ2n) is 7.42. The fraction of sp³-hybridized carbons (Fsp3) is 0.409. The van der Waals surface area contributed by atoms with Crippen LogP contribution in [0.25, 0.3) is 0 Å². The lowest BCUT2D eigenvalue weighted by molar-refractivity contribution is -0.120. The summed E-state index contributed by atoms with van der Waals surface area (Å²) in [6.07, 6.45) is 0.638. The van der Waals surface area contributed by atoms with Crippen molar-refractivity contribution in [2.45, 2.75) is 49.9 Å². The van der Waals surface area contributed by atoms with Gasteiger partial charge in [-0.3, -0.25) is 4.79 Å². The van der Waals surface area contributed by atoms with Gasteiger partial charge >= 0.3 is 5.51 Å². The highest BCUT2D eigenvalue weighted by Crippen LogP contribution is 2.36. The number of halogens is 3. The third-order valence-electron chi connectivity index (χ3n) is 4.41. The van der Waals surface area contributed by atoms with Crippen LogP contribution in [-0.4, -0.2) is 24.6 Å². The topological polar surface area (TPSA) is 73.6 Å². The minimum atomic E-state index is -4.31. The third-order valence-corrected chi connectivity index (χ3v) is 5.15. The molecule has 0 fully saturated rings. The number of alkyl halides is 3. The molecule has 0 spiro atoms. The average Bonchev–Trinajstić information content (AvgIpc) is 2.69. The number of nitrogens with two attached hydrogens (primary N) is 1. The van der Waals surface area contributed by atoms with Crippen LogP contribution in [0, 0.1) is 5.92 Å². The Labute approximate surface area is 184 Å². The molecular formula is C22H27F3N2O3S. The van der Waals surface area contributed by atoms with E-state index in [1.807, 2.05) is 19.9 Å². The molecule has 2 rings (SSSR count). The molecule has 0 aliphatic heterocycles. The van der Waals surface area contributed by atoms with Gasteiger partial charge in [-0.1, -0.05) is 32.0 Å². The van der Waals surface area contributed by atoms with Gasteiger partial charge in [0, 0.05) is 23.1 Å². The quantitative estimate of drug-likeness (QED) is 0.472. The van der Waals surface area contributed by atoms with E-state index in [4.69, 9.17) is 15.2 Å². The highest BCUT2D eigenvalue weighted by atomic mass is 32.2. The molecule has 5 nitrogen and oxygen atoms in total. The Hall–Kier alpha value is -2.39. The molecule has 2 aromatic carbocycles. The van der Waals surface area contributed by atoms with Gasteiger partial charge in [-0.25, -0.2) is 0 Å². The first-order valence-corrected chi connectivity index (χ1v) is 10.6. The van der Waals surface area contributed by atoms with Gasteiger partial charge in [0.05, 0.1) is 13.2 Å². The number of benzene rings is 2. The maximum absolute atomic E-state index is 12.4. The second-order valence-corrected chi connectivity index (χ2v) is 8.56. The summed E-state index contributed by atoms with van der Waals surface area (Å²) in [4.78, 5) is 11.8. The molecule has 0 radical (unpaired) electrons. The molecule has 3 N–H and O–H groups in total. The predicted molar refractivity (Wildman–Crippen MR) is 115 cm³/mol. The van der Waals surface area contributed by atoms with E-state index in [-0.39, 0.29) is 23.3 Å². The fourth-order valence-corrected chi connectivity index (χ4v) is 3.46. The number of primary amides is 1. The lowest BCUT2D eigenvalue weighted by atomic mass is 10.0. The number of ether oxygens (including phenoxy) is 2. The molecule has 0 heterocycles. The lowest BCUT2D eigenvalue weighted by Gasteiger charge is -2.19. The molecule has 9 heteroatoms. The first-order chi connectivity index (χ1) is 14.6. The molecule has 1 atom stereocenters. The highest BCUT2D eigenvalue weighted by Gasteiger charge is 2.29. The van der Waals surface area contributed by atoms with Gasteiger partial charge in [0.15, 0.2) is 0 Å². The summed E-state index contributed by atoms with van der Waals surface area (Å²) in [7, 11) is 1.54. The molecule has 0 unspecified atom stereocenters. The summed E-state index contributed by atoms with van der Waals surface area (Å²) in [5.41, 5.74) is 2.75. The van der Waals surface area contributed by atoms with E-state index in [9.17, 15) is 18.0 Å². The second kappa shape index (κ2) is 11.3. The molecule has 170 valence electrons. The fourth-order valence-electron chi connectivity index (χ4n) is 2.92. The van der Waals surface area contributed by atoms with E-state index in [1.54, 1.807) is 31.4 Å². The number of methoxy groups -OCH3 is 1. The molecular weight excluding hydrogens is 429 g/mol. The summed E-state index contributed by atoms with van der Waals surface area (Å²) >= 11 is -0.150. The largest absolute Gasteiger partial charge is 0.496 e. The van der Waals surface area contributed by atoms with Crippen molar-refractivity contribution in [2.24, 2.45) is 11.7 Å². The van der Waals surface area contributed by atoms with Crippen molar-refractivity contribution in [1.82, 2.24) is 5.32 Å². The average molecular weight is 457 g/mol. The van der Waals surface area contributed by atoms with Gasteiger partial charge in [-0.2, -0.15) is 13.2 Å². The molecule has 0 saturated carbocycles. The summed E-state index contributed by atoms with van der Waals surface area (Å²) in [5.74, 6) is 1.08. The molecule has 0 saturated heterocycles. The molecule has 2 aromatic rings. The van der Waals surface area contributed by atoms with Crippen molar-refractivity contribution >= 4 is 17.7 Å². The summed E-state index contributed by atoms with van der Waals surface area (Å²) < 4.78 is 48.4. The Morgan fingerprint density at radius 3 is 2.39 bits per heavy atom. The van der Waals surface area contributed by atoms with Crippen molar-refractivity contribution < 1.29 is 27.4 Å². The van der Waals surface area contributed by atoms with E-state index in [1.165, 1.54) is 12.1 Å². The van der Waals surface area contributed by atoms with Crippen LogP contribution in [0.2, 0.25) is 0 Å². The zero-order chi connectivity index (χ0) is 23.0. The number of carbonyl (C=O) groups is 1. The Balaban J connectivity index is 1.97. The van der Waals surface area contributed by atoms with Crippen LogP contribution in [0.1, 0.15) is 31.4 Å². The first-order valence-electron chi connectivity index (χ1n) is 9.74. The molecule has 0 aliphatic carbocycles. The minimum absolute atomic E-state index is 0.126. The smallest absolute Gasteiger partial charge is 0.446 e. The summed E-state index contributed by atoms with van der Waals surface area (Å²) in [5, 5.41) is 3.16. The molecule has 0 aliphatic rings. The Morgan fingerprint density at radius 1 is 1.16 bits per heavy atom. The maximum atomic E-state index is 12.4. The monoisotopic (exact) mass is 456 g/mol. The third kappa shape index (κ3) is 8.70. The van der Waals surface area contributed by atoms with E-state index >= 15 is 0 Å². The van der Waals surface area contributed by atoms with Crippen LogP contribution < -0.4 is 20.5 Å². The Kier molecular flexibility index (Phi) is 9.06. The van der Waals surface area contributed by atoms with Crippen molar-refractivity contribution in [3.05, 3.63) is 53.6 Å². The van der Waals surface area contributed by atoms with Gasteiger partial charge in [0.1, 0.15) is 18.1 Å². The van der Waals surface area contributed by atoms with Crippen molar-refractivity contribution in [1.29, 1.82) is 0 Å². The number of amides is 1. The molecule has 1 amide bonds. The lowest BCUT2D eigenvalue weighted by Crippen LogP contribution is -2.41. The van der Waals surface area contributed by atoms with Gasteiger partial charge < -0.3 is 20.5 Å². The predicted octanol–water partition coefficient (Wildman–Crippen LogP) is 4.88. The number of hydrogen-bond acceptors (Lipinski definition) is 5. The SMILES string of the molecule is COc1cc(OCc2ccc(SC(F)(F)F)cc2)ccc1CN[C@@H](CC(C)C)C(N)=O. The van der Waals surface area contributed by atoms with Crippen LogP contribution in [0.3, 0.4) is 0 Å². The number of rotatable bonds is 11. The normalized spacial score (nSPS) is 12.6. The standard InChI is InChI=1S/C22H27F3N2O3S/c1-14(2)10-19(21(26)28)27-12-16-6-7-17(11-20(16)29-3)30-13-15-4-8-18(9-5-15)31-22(23,24)25/h4-9,11,14,19,27H,10,12-13H2,1-3H3,(H2,26,28)/t19-/m0/s1. The molecule has 0 bridgehead atoms. The van der Waals surface area contributed by atoms with Crippen molar-refractivity contribution in [3.63, 3.8) is 0 Å². The maximum Gasteiger partial charge on any atom is 0.446 e. The van der Waals surface area contributed by atoms with Crippen LogP contribution >= 0.6 is 11.8 Å². The Morgan fingerprint density at radius 2 is 1.84 bits per heavy atom. The first kappa shape index (κ1) is 24.9. The number of thioether (sulfide) groups is 1. The van der Waals surface area contributed by atoms with Crippen LogP contribution in [0.4, 0.5) is 13.2 Å². The minimum Gasteiger partial charge on any atom is -0.496 e. The van der Waals surface area contributed by atoms with Gasteiger partial charge in [-0.05, 0) is 47.9 Å². The number of hydrogen-bond donors (Lipinski definition) is 2. The molecule has 31 heavy (non-hydrogen) atoms. The van der Waals surface area contributed by atoms with E-state index in [2.05, 4.69) is 5.32 Å². The van der Waals surface area contributed by atoms with E-state index < -0.39 is 17.5 Å².